The molecular formula is C58H96O27. The number of hydrogen-bond acceptors (Lipinski definition) is 27. The Hall–Kier alpha value is -1.34. The molecule has 9 fully saturated rings. The molecular weight excluding hydrogens is 1130 g/mol. The van der Waals surface area contributed by atoms with E-state index in [1.807, 2.05) is 0 Å². The molecule has 0 spiro atoms. The van der Waals surface area contributed by atoms with Crippen LogP contribution in [0, 0.1) is 50.2 Å². The third kappa shape index (κ3) is 11.2. The number of aliphatic hydroxyl groups is 17. The van der Waals surface area contributed by atoms with E-state index in [1.54, 1.807) is 0 Å². The van der Waals surface area contributed by atoms with Crippen LogP contribution in [0.4, 0.5) is 0 Å². The molecule has 17 N–H and O–H groups in total. The summed E-state index contributed by atoms with van der Waals surface area (Å²) in [6.45, 7) is 10.0. The summed E-state index contributed by atoms with van der Waals surface area (Å²) in [4.78, 5) is 0. The summed E-state index contributed by atoms with van der Waals surface area (Å²) in [5.74, 6) is -0.0901. The predicted octanol–water partition coefficient (Wildman–Crippen LogP) is -4.52. The second kappa shape index (κ2) is 24.9. The summed E-state index contributed by atoms with van der Waals surface area (Å²) in [5, 5.41) is 184. The fraction of sp³-hybridized carbons (Fsp3) is 0.966. The van der Waals surface area contributed by atoms with Gasteiger partial charge < -0.3 is 134 Å². The van der Waals surface area contributed by atoms with Crippen molar-refractivity contribution in [1.82, 2.24) is 0 Å². The minimum Gasteiger partial charge on any atom is -0.396 e. The largest absolute Gasteiger partial charge is 0.396 e. The molecule has 0 unspecified atom stereocenters. The zero-order valence-electron chi connectivity index (χ0n) is 49.2. The van der Waals surface area contributed by atoms with E-state index in [1.165, 1.54) is 5.57 Å². The summed E-state index contributed by atoms with van der Waals surface area (Å²) in [5.41, 5.74) is -1.88. The van der Waals surface area contributed by atoms with Gasteiger partial charge in [0.1, 0.15) is 110 Å². The van der Waals surface area contributed by atoms with Crippen molar-refractivity contribution in [2.75, 3.05) is 46.2 Å². The maximum absolute atomic E-state index is 12.5. The van der Waals surface area contributed by atoms with Crippen LogP contribution in [0.1, 0.15) is 99.3 Å². The molecule has 0 aromatic rings. The summed E-state index contributed by atoms with van der Waals surface area (Å²) >= 11 is 0. The fourth-order valence-corrected chi connectivity index (χ4v) is 17.6. The maximum atomic E-state index is 12.5. The second-order valence-corrected chi connectivity index (χ2v) is 28.2. The Morgan fingerprint density at radius 2 is 1.07 bits per heavy atom. The first-order valence-corrected chi connectivity index (χ1v) is 30.4. The molecule has 85 heavy (non-hydrogen) atoms. The van der Waals surface area contributed by atoms with Crippen molar-refractivity contribution in [2.45, 2.75) is 253 Å². The smallest absolute Gasteiger partial charge is 0.187 e. The van der Waals surface area contributed by atoms with Crippen molar-refractivity contribution in [3.05, 3.63) is 11.6 Å². The van der Waals surface area contributed by atoms with E-state index >= 15 is 0 Å². The lowest BCUT2D eigenvalue weighted by Gasteiger charge is -2.72. The Kier molecular flexibility index (Phi) is 19.5. The van der Waals surface area contributed by atoms with E-state index in [0.717, 1.165) is 19.3 Å². The maximum Gasteiger partial charge on any atom is 0.187 e. The Balaban J connectivity index is 0.885. The lowest BCUT2D eigenvalue weighted by molar-refractivity contribution is -0.392. The average molecular weight is 1230 g/mol. The molecule has 10 aliphatic rings. The van der Waals surface area contributed by atoms with Crippen LogP contribution >= 0.6 is 0 Å². The number of ether oxygens (including phenoxy) is 10. The van der Waals surface area contributed by atoms with Gasteiger partial charge in [-0.3, -0.25) is 0 Å². The lowest BCUT2D eigenvalue weighted by atomic mass is 9.33. The zero-order chi connectivity index (χ0) is 61.8. The van der Waals surface area contributed by atoms with Crippen LogP contribution < -0.4 is 0 Å². The number of aliphatic hydroxyl groups excluding tert-OH is 17. The molecule has 27 nitrogen and oxygen atoms in total. The molecule has 0 aromatic carbocycles. The van der Waals surface area contributed by atoms with Crippen molar-refractivity contribution in [2.24, 2.45) is 50.2 Å². The van der Waals surface area contributed by atoms with Crippen LogP contribution in [0.2, 0.25) is 0 Å². The monoisotopic (exact) mass is 1220 g/mol. The van der Waals surface area contributed by atoms with Gasteiger partial charge in [0.25, 0.3) is 0 Å². The summed E-state index contributed by atoms with van der Waals surface area (Å²) in [6, 6.07) is 0. The highest BCUT2D eigenvalue weighted by molar-refractivity contribution is 5.35. The number of hydrogen-bond donors (Lipinski definition) is 17. The van der Waals surface area contributed by atoms with E-state index < -0.39 is 208 Å². The molecule has 0 radical (unpaired) electrons. The molecule has 4 saturated carbocycles. The first-order chi connectivity index (χ1) is 40.0. The van der Waals surface area contributed by atoms with Gasteiger partial charge in [-0.15, -0.1) is 0 Å². The van der Waals surface area contributed by atoms with E-state index in [0.29, 0.717) is 38.5 Å². The van der Waals surface area contributed by atoms with Crippen molar-refractivity contribution >= 4 is 0 Å². The van der Waals surface area contributed by atoms with Crippen molar-refractivity contribution in [3.63, 3.8) is 0 Å². The van der Waals surface area contributed by atoms with E-state index in [-0.39, 0.29) is 41.8 Å². The highest BCUT2D eigenvalue weighted by Gasteiger charge is 2.71. The van der Waals surface area contributed by atoms with Gasteiger partial charge in [-0.25, -0.2) is 0 Å². The number of fused-ring (bicyclic) bond motifs is 7. The van der Waals surface area contributed by atoms with Gasteiger partial charge in [0.15, 0.2) is 31.5 Å². The average Bonchev–Trinajstić information content (AvgIpc) is 0.707. The van der Waals surface area contributed by atoms with Crippen LogP contribution in [-0.2, 0) is 47.4 Å². The van der Waals surface area contributed by atoms with Gasteiger partial charge >= 0.3 is 0 Å². The van der Waals surface area contributed by atoms with E-state index in [2.05, 4.69) is 47.6 Å². The topological polar surface area (TPSA) is 436 Å². The van der Waals surface area contributed by atoms with E-state index in [9.17, 15) is 86.8 Å². The summed E-state index contributed by atoms with van der Waals surface area (Å²) < 4.78 is 60.6. The second-order valence-electron chi connectivity index (χ2n) is 28.2. The van der Waals surface area contributed by atoms with Gasteiger partial charge in [-0.1, -0.05) is 53.2 Å². The highest BCUT2D eigenvalue weighted by Crippen LogP contribution is 2.76. The van der Waals surface area contributed by atoms with Gasteiger partial charge in [0.2, 0.25) is 0 Å². The van der Waals surface area contributed by atoms with Crippen LogP contribution in [0.25, 0.3) is 0 Å². The van der Waals surface area contributed by atoms with Gasteiger partial charge in [-0.2, -0.15) is 0 Å². The Morgan fingerprint density at radius 1 is 0.506 bits per heavy atom. The summed E-state index contributed by atoms with van der Waals surface area (Å²) in [7, 11) is 0. The third-order valence-corrected chi connectivity index (χ3v) is 23.1. The molecule has 5 saturated heterocycles. The van der Waals surface area contributed by atoms with Crippen LogP contribution in [0.5, 0.6) is 0 Å². The van der Waals surface area contributed by atoms with Crippen molar-refractivity contribution in [1.29, 1.82) is 0 Å². The first-order valence-electron chi connectivity index (χ1n) is 30.4. The quantitative estimate of drug-likeness (QED) is 0.0543. The SMILES string of the molecule is CC1(C)[C@@H](O[C@@H]2OC[C@H](O[C@@H]3O[C@H](CO)[C@@H](O)[C@H](O)[C@H]3O[C@@H]3OC[C@@H](O)[C@H](O)[C@H]3O)[C@H](O)[C@H]2O[C@@H]2O[C@H](CO)[C@@H](O)[C@H](O)[C@H]2O)CC[C@]2(C)[C@H]3CC=C4[C@@H]5C[C@@](C)(CO[C@@H]6O[C@H](CO)[C@@H](O)[C@H](O)[C@H]6O)CC[C@]5(CO)[C@H](O)C[C@@]4(C)[C@]3(C)CC[C@@H]12. The molecule has 5 aliphatic carbocycles. The fourth-order valence-electron chi connectivity index (χ4n) is 17.6. The standard InChI is InChI=1S/C58H96O27/c1-53(2)31-9-12-56(5)32(8-7-24-25-15-54(3,13-14-58(25,22-62)33(64)16-57(24,56)6)23-78-49-44(74)40(70)36(66)27(17-59)79-49)55(31,4)11-10-34(53)83-51-46(85-50-45(75)41(71)37(67)28(18-60)80-50)39(69)30(21-77-51)82-52-47(42(72)38(68)29(19-61)81-52)84-48-43(73)35(65)26(63)20-76-48/h7,25-52,59-75H,8-23H2,1-6H3/t25-,26+,27+,28+,29+,30-,31-,32+,33+,34-,35-,36+,37+,38+,39-,40-,41-,42-,43+,44+,45+,46+,47+,48-,49+,50-,51-,52-,54-,55-,56+,57+,58+/m0/s1. The Bertz CT molecular complexity index is 2300. The number of rotatable bonds is 15. The van der Waals surface area contributed by atoms with Gasteiger partial charge in [0, 0.05) is 5.41 Å². The van der Waals surface area contributed by atoms with E-state index in [4.69, 9.17) is 47.4 Å². The zero-order valence-corrected chi connectivity index (χ0v) is 49.2. The minimum absolute atomic E-state index is 0.0324. The third-order valence-electron chi connectivity index (χ3n) is 23.1. The number of allylic oxidation sites excluding steroid dienone is 2. The van der Waals surface area contributed by atoms with Crippen LogP contribution in [-0.4, -0.2) is 287 Å². The van der Waals surface area contributed by atoms with Crippen LogP contribution in [0.15, 0.2) is 11.6 Å². The van der Waals surface area contributed by atoms with Crippen molar-refractivity contribution < 1.29 is 134 Å². The predicted molar refractivity (Wildman–Crippen MR) is 286 cm³/mol. The molecule has 0 aromatic heterocycles. The Morgan fingerprint density at radius 3 is 1.71 bits per heavy atom. The molecule has 33 atom stereocenters. The molecule has 5 heterocycles. The minimum atomic E-state index is -1.92. The van der Waals surface area contributed by atoms with Crippen LogP contribution in [0.3, 0.4) is 0 Å². The lowest BCUT2D eigenvalue weighted by Crippen LogP contribution is -2.68. The first kappa shape index (κ1) is 66.6. The highest BCUT2D eigenvalue weighted by atomic mass is 16.8. The molecule has 490 valence electrons. The van der Waals surface area contributed by atoms with Crippen molar-refractivity contribution in [3.8, 4) is 0 Å². The molecule has 5 aliphatic heterocycles. The van der Waals surface area contributed by atoms with Gasteiger partial charge in [0.05, 0.1) is 58.5 Å². The summed E-state index contributed by atoms with van der Waals surface area (Å²) in [6.07, 6.45) is -31.2. The Labute approximate surface area is 493 Å². The molecule has 0 bridgehead atoms. The molecule has 27 heteroatoms. The molecule has 0 amide bonds. The normalized spacial score (nSPS) is 55.4. The van der Waals surface area contributed by atoms with Gasteiger partial charge in [-0.05, 0) is 103 Å². The molecule has 10 rings (SSSR count).